The summed E-state index contributed by atoms with van der Waals surface area (Å²) < 4.78 is 16.1. The van der Waals surface area contributed by atoms with Gasteiger partial charge < -0.3 is 14.2 Å². The lowest BCUT2D eigenvalue weighted by Crippen LogP contribution is -2.49. The molecule has 0 unspecified atom stereocenters. The Morgan fingerprint density at radius 2 is 1.46 bits per heavy atom. The molecular weight excluding hydrogens is 699 g/mol. The third-order valence-corrected chi connectivity index (χ3v) is 13.0. The Labute approximate surface area is 335 Å². The molecule has 0 atom stereocenters. The average Bonchev–Trinajstić information content (AvgIpc) is 3.78. The summed E-state index contributed by atoms with van der Waals surface area (Å²) in [6, 6.07) is 40.8. The molecule has 0 radical (unpaired) electrons. The number of anilines is 2. The zero-order chi connectivity index (χ0) is 39.6. The molecule has 0 bridgehead atoms. The van der Waals surface area contributed by atoms with Gasteiger partial charge in [-0.15, -0.1) is 0 Å². The van der Waals surface area contributed by atoms with Crippen molar-refractivity contribution in [2.45, 2.75) is 78.6 Å². The van der Waals surface area contributed by atoms with Crippen molar-refractivity contribution in [2.24, 2.45) is 0 Å². The fraction of sp³-hybridized carbons (Fsp3) is 0.240. The van der Waals surface area contributed by atoms with Crippen LogP contribution in [0.25, 0.3) is 38.6 Å². The van der Waals surface area contributed by atoms with Gasteiger partial charge >= 0.3 is 7.05 Å². The molecule has 2 aliphatic heterocycles. The molecule has 0 aliphatic carbocycles. The third kappa shape index (κ3) is 5.17. The number of aryl methyl sites for hydroxylation is 2. The maximum atomic E-state index is 6.97. The quantitative estimate of drug-likeness (QED) is 0.130. The maximum Gasteiger partial charge on any atom is 0.526 e. The normalized spacial score (nSPS) is 15.5. The van der Waals surface area contributed by atoms with Crippen molar-refractivity contribution in [3.63, 3.8) is 0 Å². The van der Waals surface area contributed by atoms with Crippen LogP contribution in [0, 0.1) is 13.8 Å². The molecule has 282 valence electrons. The molecule has 0 fully saturated rings. The fourth-order valence-electron chi connectivity index (χ4n) is 9.29. The van der Waals surface area contributed by atoms with Gasteiger partial charge in [0.1, 0.15) is 22.9 Å². The van der Waals surface area contributed by atoms with E-state index in [1.54, 1.807) is 0 Å². The number of benzene rings is 5. The Bertz CT molecular complexity index is 2920. The molecule has 0 saturated carbocycles. The molecule has 2 aliphatic rings. The first-order valence-electron chi connectivity index (χ1n) is 20.0. The lowest BCUT2D eigenvalue weighted by Gasteiger charge is -2.46. The van der Waals surface area contributed by atoms with Crippen LogP contribution >= 0.6 is 0 Å². The Hall–Kier alpha value is -6.08. The Kier molecular flexibility index (Phi) is 7.57. The minimum Gasteiger partial charge on any atom is -0.535 e. The maximum absolute atomic E-state index is 6.97. The number of rotatable bonds is 5. The standard InChI is InChI=1S/C50H47BN4O2/c1-30-16-13-17-31(2)42(30)51-55(47-41(57-51)22-15-25-52-47)34-26-33(48(3,4)5)27-36(28-34)56-35-23-24-37-38-20-14-21-40-44(38)54-45(50(8,9)49(40,6)7)43(32-18-11-10-12-19-32)53-46(54)39(37)29-35/h10-29H,1-9H3. The first kappa shape index (κ1) is 35.3. The lowest BCUT2D eigenvalue weighted by molar-refractivity contribution is 0.289. The SMILES string of the molecule is Cc1cccc(C)c1B1Oc2cccnc2N1c1cc(Oc2ccc3c(c2)c2nc(-c4ccccc4)c4n2c2c(cccc32)C(C)(C)C4(C)C)cc(C(C)(C)C)c1. The zero-order valence-corrected chi connectivity index (χ0v) is 34.2. The van der Waals surface area contributed by atoms with Gasteiger partial charge in [-0.25, -0.2) is 9.97 Å². The van der Waals surface area contributed by atoms with Gasteiger partial charge in [-0.3, -0.25) is 4.40 Å². The second-order valence-electron chi connectivity index (χ2n) is 18.0. The summed E-state index contributed by atoms with van der Waals surface area (Å²) in [4.78, 5) is 12.6. The van der Waals surface area contributed by atoms with E-state index in [1.807, 2.05) is 18.3 Å². The van der Waals surface area contributed by atoms with Crippen LogP contribution in [0.3, 0.4) is 0 Å². The summed E-state index contributed by atoms with van der Waals surface area (Å²) in [5.41, 5.74) is 12.0. The second kappa shape index (κ2) is 12.2. The summed E-state index contributed by atoms with van der Waals surface area (Å²) in [7, 11) is -0.382. The molecule has 6 nitrogen and oxygen atoms in total. The number of para-hydroxylation sites is 1. The number of nitrogens with zero attached hydrogens (tertiary/aromatic N) is 4. The topological polar surface area (TPSA) is 51.9 Å². The largest absolute Gasteiger partial charge is 0.535 e. The highest BCUT2D eigenvalue weighted by atomic mass is 16.5. The molecule has 5 heterocycles. The second-order valence-corrected chi connectivity index (χ2v) is 18.0. The van der Waals surface area contributed by atoms with Gasteiger partial charge in [-0.05, 0) is 83.7 Å². The smallest absolute Gasteiger partial charge is 0.526 e. The molecule has 0 saturated heterocycles. The van der Waals surface area contributed by atoms with E-state index < -0.39 is 0 Å². The van der Waals surface area contributed by atoms with E-state index in [-0.39, 0.29) is 23.3 Å². The molecule has 0 spiro atoms. The Morgan fingerprint density at radius 1 is 0.702 bits per heavy atom. The van der Waals surface area contributed by atoms with Crippen molar-refractivity contribution in [3.05, 3.63) is 149 Å². The summed E-state index contributed by atoms with van der Waals surface area (Å²) in [6.45, 7) is 20.5. The van der Waals surface area contributed by atoms with Crippen LogP contribution in [0.5, 0.6) is 17.2 Å². The molecule has 57 heavy (non-hydrogen) atoms. The van der Waals surface area contributed by atoms with Crippen molar-refractivity contribution in [3.8, 4) is 28.5 Å². The highest BCUT2D eigenvalue weighted by Crippen LogP contribution is 2.54. The van der Waals surface area contributed by atoms with Gasteiger partial charge in [-0.2, -0.15) is 0 Å². The third-order valence-electron chi connectivity index (χ3n) is 13.0. The van der Waals surface area contributed by atoms with Gasteiger partial charge in [0.25, 0.3) is 0 Å². The van der Waals surface area contributed by atoms with Crippen LogP contribution in [-0.4, -0.2) is 21.4 Å². The van der Waals surface area contributed by atoms with E-state index in [2.05, 4.69) is 175 Å². The van der Waals surface area contributed by atoms with E-state index in [9.17, 15) is 0 Å². The monoisotopic (exact) mass is 746 g/mol. The van der Waals surface area contributed by atoms with E-state index in [0.29, 0.717) is 0 Å². The van der Waals surface area contributed by atoms with Crippen LogP contribution in [0.4, 0.5) is 11.5 Å². The number of pyridine rings is 2. The minimum absolute atomic E-state index is 0.140. The number of hydrogen-bond donors (Lipinski definition) is 0. The van der Waals surface area contributed by atoms with Gasteiger partial charge in [0.05, 0.1) is 16.9 Å². The molecule has 3 aromatic heterocycles. The van der Waals surface area contributed by atoms with Gasteiger partial charge in [0, 0.05) is 45.1 Å². The first-order valence-corrected chi connectivity index (χ1v) is 20.0. The zero-order valence-electron chi connectivity index (χ0n) is 34.2. The van der Waals surface area contributed by atoms with E-state index in [1.165, 1.54) is 33.3 Å². The molecular formula is C50H47BN4O2. The molecule has 10 rings (SSSR count). The van der Waals surface area contributed by atoms with Gasteiger partial charge in [0.2, 0.25) is 0 Å². The van der Waals surface area contributed by atoms with Crippen molar-refractivity contribution in [1.29, 1.82) is 0 Å². The summed E-state index contributed by atoms with van der Waals surface area (Å²) >= 11 is 0. The lowest BCUT2D eigenvalue weighted by atomic mass is 9.60. The molecule has 8 aromatic rings. The minimum atomic E-state index is -0.382. The number of imidazole rings is 1. The van der Waals surface area contributed by atoms with Gasteiger partial charge in [-0.1, -0.05) is 126 Å². The van der Waals surface area contributed by atoms with E-state index in [4.69, 9.17) is 19.4 Å². The summed E-state index contributed by atoms with van der Waals surface area (Å²) in [6.07, 6.45) is 1.83. The first-order chi connectivity index (χ1) is 27.2. The Morgan fingerprint density at radius 3 is 2.21 bits per heavy atom. The van der Waals surface area contributed by atoms with Gasteiger partial charge in [0.15, 0.2) is 5.82 Å². The molecule has 0 amide bonds. The van der Waals surface area contributed by atoms with Crippen molar-refractivity contribution in [2.75, 3.05) is 4.81 Å². The highest BCUT2D eigenvalue weighted by molar-refractivity contribution is 6.75. The summed E-state index contributed by atoms with van der Waals surface area (Å²) in [5.74, 6) is 3.05. The fourth-order valence-corrected chi connectivity index (χ4v) is 9.29. The predicted molar refractivity (Wildman–Crippen MR) is 235 cm³/mol. The number of ether oxygens (including phenoxy) is 1. The van der Waals surface area contributed by atoms with E-state index >= 15 is 0 Å². The van der Waals surface area contributed by atoms with Crippen LogP contribution in [0.1, 0.15) is 76.4 Å². The highest BCUT2D eigenvalue weighted by Gasteiger charge is 2.48. The number of fused-ring (bicyclic) bond motifs is 4. The number of aromatic nitrogens is 3. The number of hydrogen-bond acceptors (Lipinski definition) is 5. The molecule has 0 N–H and O–H groups in total. The van der Waals surface area contributed by atoms with Crippen molar-refractivity contribution >= 4 is 51.3 Å². The van der Waals surface area contributed by atoms with Crippen LogP contribution in [-0.2, 0) is 16.2 Å². The van der Waals surface area contributed by atoms with E-state index in [0.717, 1.165) is 67.5 Å². The molecule has 5 aromatic carbocycles. The summed E-state index contributed by atoms with van der Waals surface area (Å²) in [5, 5.41) is 3.44. The van der Waals surface area contributed by atoms with Crippen LogP contribution < -0.4 is 19.7 Å². The Balaban J connectivity index is 1.17. The van der Waals surface area contributed by atoms with Crippen molar-refractivity contribution < 1.29 is 9.39 Å². The van der Waals surface area contributed by atoms with Crippen molar-refractivity contribution in [1.82, 2.24) is 14.4 Å². The average molecular weight is 747 g/mol. The van der Waals surface area contributed by atoms with Crippen LogP contribution in [0.15, 0.2) is 121 Å². The van der Waals surface area contributed by atoms with Crippen LogP contribution in [0.2, 0.25) is 0 Å². The molecule has 7 heteroatoms. The predicted octanol–water partition coefficient (Wildman–Crippen LogP) is 11.9.